The predicted molar refractivity (Wildman–Crippen MR) is 58.0 cm³/mol. The van der Waals surface area contributed by atoms with Crippen molar-refractivity contribution >= 4 is 0 Å². The quantitative estimate of drug-likeness (QED) is 0.680. The molecule has 0 aromatic heterocycles. The molecule has 2 N–H and O–H groups in total. The number of aliphatic hydroxyl groups is 2. The first-order valence-electron chi connectivity index (χ1n) is 5.62. The van der Waals surface area contributed by atoms with Gasteiger partial charge in [-0.3, -0.25) is 0 Å². The maximum absolute atomic E-state index is 10.2. The fraction of sp³-hybridized carbons (Fsp3) is 0.833. The summed E-state index contributed by atoms with van der Waals surface area (Å²) in [7, 11) is 0. The van der Waals surface area contributed by atoms with Gasteiger partial charge in [0.2, 0.25) is 0 Å². The molecule has 0 saturated carbocycles. The lowest BCUT2D eigenvalue weighted by molar-refractivity contribution is -0.0693. The van der Waals surface area contributed by atoms with Gasteiger partial charge in [0.25, 0.3) is 0 Å². The number of rotatable bonds is 4. The van der Waals surface area contributed by atoms with Crippen LogP contribution in [0.15, 0.2) is 12.2 Å². The molecular weight excluding hydrogens is 176 g/mol. The first kappa shape index (κ1) is 11.7. The van der Waals surface area contributed by atoms with E-state index in [9.17, 15) is 10.2 Å². The maximum Gasteiger partial charge on any atom is 0.101 e. The maximum atomic E-state index is 10.2. The molecule has 0 spiro atoms. The van der Waals surface area contributed by atoms with Gasteiger partial charge in [-0.05, 0) is 25.2 Å². The zero-order chi connectivity index (χ0) is 10.6. The van der Waals surface area contributed by atoms with E-state index in [4.69, 9.17) is 0 Å². The summed E-state index contributed by atoms with van der Waals surface area (Å²) in [5.41, 5.74) is -0.857. The molecule has 0 aliphatic heterocycles. The van der Waals surface area contributed by atoms with Crippen LogP contribution in [0, 0.1) is 5.92 Å². The van der Waals surface area contributed by atoms with Gasteiger partial charge < -0.3 is 10.2 Å². The first-order chi connectivity index (χ1) is 6.54. The lowest BCUT2D eigenvalue weighted by atomic mass is 9.82. The Labute approximate surface area is 86.6 Å². The van der Waals surface area contributed by atoms with Gasteiger partial charge >= 0.3 is 0 Å². The second-order valence-corrected chi connectivity index (χ2v) is 4.80. The van der Waals surface area contributed by atoms with Crippen LogP contribution in [0.5, 0.6) is 0 Å². The van der Waals surface area contributed by atoms with E-state index >= 15 is 0 Å². The SMILES string of the molecule is CC(C)CCCC1(O)CCC=CC1O. The molecule has 0 bridgehead atoms. The van der Waals surface area contributed by atoms with E-state index in [2.05, 4.69) is 13.8 Å². The highest BCUT2D eigenvalue weighted by Crippen LogP contribution is 2.29. The Morgan fingerprint density at radius 1 is 1.50 bits per heavy atom. The lowest BCUT2D eigenvalue weighted by Crippen LogP contribution is -2.42. The molecule has 2 heteroatoms. The van der Waals surface area contributed by atoms with Crippen molar-refractivity contribution in [2.24, 2.45) is 5.92 Å². The van der Waals surface area contributed by atoms with Crippen molar-refractivity contribution in [1.82, 2.24) is 0 Å². The summed E-state index contributed by atoms with van der Waals surface area (Å²) in [6.07, 6.45) is 7.43. The molecule has 0 aromatic rings. The smallest absolute Gasteiger partial charge is 0.101 e. The van der Waals surface area contributed by atoms with Crippen molar-refractivity contribution in [2.45, 2.75) is 57.7 Å². The summed E-state index contributed by atoms with van der Waals surface area (Å²) in [4.78, 5) is 0. The average molecular weight is 198 g/mol. The molecule has 1 aliphatic carbocycles. The Hall–Kier alpha value is -0.340. The van der Waals surface area contributed by atoms with Crippen molar-refractivity contribution in [1.29, 1.82) is 0 Å². The monoisotopic (exact) mass is 198 g/mol. The molecule has 0 saturated heterocycles. The highest BCUT2D eigenvalue weighted by molar-refractivity contribution is 5.05. The Balaban J connectivity index is 2.37. The van der Waals surface area contributed by atoms with E-state index in [1.54, 1.807) is 6.08 Å². The van der Waals surface area contributed by atoms with Gasteiger partial charge in [-0.2, -0.15) is 0 Å². The second-order valence-electron chi connectivity index (χ2n) is 4.80. The molecule has 2 nitrogen and oxygen atoms in total. The van der Waals surface area contributed by atoms with Crippen molar-refractivity contribution in [3.05, 3.63) is 12.2 Å². The van der Waals surface area contributed by atoms with Crippen LogP contribution in [0.2, 0.25) is 0 Å². The molecule has 0 radical (unpaired) electrons. The topological polar surface area (TPSA) is 40.5 Å². The first-order valence-corrected chi connectivity index (χ1v) is 5.62. The summed E-state index contributed by atoms with van der Waals surface area (Å²) in [6, 6.07) is 0. The largest absolute Gasteiger partial charge is 0.387 e. The van der Waals surface area contributed by atoms with Crippen molar-refractivity contribution in [2.75, 3.05) is 0 Å². The summed E-state index contributed by atoms with van der Waals surface area (Å²) in [5.74, 6) is 0.676. The van der Waals surface area contributed by atoms with Crippen LogP contribution < -0.4 is 0 Å². The molecule has 82 valence electrons. The van der Waals surface area contributed by atoms with Crippen LogP contribution in [0.1, 0.15) is 46.0 Å². The summed E-state index contributed by atoms with van der Waals surface area (Å²) in [6.45, 7) is 4.36. The molecule has 1 aliphatic rings. The minimum atomic E-state index is -0.857. The highest BCUT2D eigenvalue weighted by Gasteiger charge is 2.34. The second kappa shape index (κ2) is 4.94. The number of aliphatic hydroxyl groups excluding tert-OH is 1. The molecular formula is C12H22O2. The van der Waals surface area contributed by atoms with Gasteiger partial charge in [0.05, 0.1) is 5.60 Å². The fourth-order valence-corrected chi connectivity index (χ4v) is 1.97. The third-order valence-corrected chi connectivity index (χ3v) is 3.00. The minimum absolute atomic E-state index is 0.664. The average Bonchev–Trinajstić information content (AvgIpc) is 2.10. The Morgan fingerprint density at radius 3 is 2.79 bits per heavy atom. The van der Waals surface area contributed by atoms with Gasteiger partial charge in [0, 0.05) is 0 Å². The minimum Gasteiger partial charge on any atom is -0.387 e. The Bertz CT molecular complexity index is 198. The summed E-state index contributed by atoms with van der Waals surface area (Å²) >= 11 is 0. The van der Waals surface area contributed by atoms with Crippen LogP contribution in [-0.2, 0) is 0 Å². The van der Waals surface area contributed by atoms with Crippen LogP contribution in [0.4, 0.5) is 0 Å². The molecule has 0 aromatic carbocycles. The lowest BCUT2D eigenvalue weighted by Gasteiger charge is -2.34. The van der Waals surface area contributed by atoms with Gasteiger partial charge in [0.1, 0.15) is 6.10 Å². The molecule has 2 unspecified atom stereocenters. The number of allylic oxidation sites excluding steroid dienone is 1. The summed E-state index contributed by atoms with van der Waals surface area (Å²) < 4.78 is 0. The predicted octanol–water partition coefficient (Wildman–Crippen LogP) is 2.25. The highest BCUT2D eigenvalue weighted by atomic mass is 16.3. The van der Waals surface area contributed by atoms with E-state index < -0.39 is 11.7 Å². The molecule has 0 amide bonds. The van der Waals surface area contributed by atoms with E-state index in [-0.39, 0.29) is 0 Å². The van der Waals surface area contributed by atoms with E-state index in [0.717, 1.165) is 25.7 Å². The Morgan fingerprint density at radius 2 is 2.21 bits per heavy atom. The van der Waals surface area contributed by atoms with Gasteiger partial charge in [-0.25, -0.2) is 0 Å². The standard InChI is InChI=1S/C12H22O2/c1-10(2)6-5-9-12(14)8-4-3-7-11(12)13/h3,7,10-11,13-14H,4-6,8-9H2,1-2H3. The van der Waals surface area contributed by atoms with Crippen molar-refractivity contribution in [3.63, 3.8) is 0 Å². The van der Waals surface area contributed by atoms with E-state index in [1.165, 1.54) is 0 Å². The van der Waals surface area contributed by atoms with Crippen LogP contribution in [0.25, 0.3) is 0 Å². The van der Waals surface area contributed by atoms with Gasteiger partial charge in [0.15, 0.2) is 0 Å². The summed E-state index contributed by atoms with van der Waals surface area (Å²) in [5, 5.41) is 19.8. The molecule has 0 fully saturated rings. The number of hydrogen-bond donors (Lipinski definition) is 2. The fourth-order valence-electron chi connectivity index (χ4n) is 1.97. The van der Waals surface area contributed by atoms with Crippen molar-refractivity contribution < 1.29 is 10.2 Å². The zero-order valence-electron chi connectivity index (χ0n) is 9.24. The van der Waals surface area contributed by atoms with Gasteiger partial charge in [-0.1, -0.05) is 38.8 Å². The normalized spacial score (nSPS) is 32.5. The van der Waals surface area contributed by atoms with Crippen LogP contribution in [-0.4, -0.2) is 21.9 Å². The van der Waals surface area contributed by atoms with Crippen LogP contribution in [0.3, 0.4) is 0 Å². The van der Waals surface area contributed by atoms with E-state index in [1.807, 2.05) is 6.08 Å². The third kappa shape index (κ3) is 3.10. The molecule has 2 atom stereocenters. The Kier molecular flexibility index (Phi) is 4.14. The molecule has 14 heavy (non-hydrogen) atoms. The number of hydrogen-bond acceptors (Lipinski definition) is 2. The molecule has 1 rings (SSSR count). The molecule has 0 heterocycles. The third-order valence-electron chi connectivity index (χ3n) is 3.00. The van der Waals surface area contributed by atoms with E-state index in [0.29, 0.717) is 12.3 Å². The van der Waals surface area contributed by atoms with Crippen LogP contribution >= 0.6 is 0 Å². The zero-order valence-corrected chi connectivity index (χ0v) is 9.24. The van der Waals surface area contributed by atoms with Crippen molar-refractivity contribution in [3.8, 4) is 0 Å². The van der Waals surface area contributed by atoms with Gasteiger partial charge in [-0.15, -0.1) is 0 Å².